The molecule has 0 fully saturated rings. The van der Waals surface area contributed by atoms with E-state index >= 15 is 0 Å². The van der Waals surface area contributed by atoms with Gasteiger partial charge in [0, 0.05) is 17.4 Å². The fraction of sp³-hybridized carbons (Fsp3) is 0.462. The number of fused-ring (bicyclic) bond motifs is 1. The van der Waals surface area contributed by atoms with Crippen LogP contribution in [0, 0.1) is 0 Å². The highest BCUT2D eigenvalue weighted by atomic mass is 79.9. The van der Waals surface area contributed by atoms with E-state index in [0.29, 0.717) is 6.54 Å². The van der Waals surface area contributed by atoms with Crippen molar-refractivity contribution in [3.8, 4) is 5.75 Å². The second-order valence-corrected chi connectivity index (χ2v) is 5.98. The van der Waals surface area contributed by atoms with E-state index in [4.69, 9.17) is 10.5 Å². The van der Waals surface area contributed by atoms with Gasteiger partial charge in [0.2, 0.25) is 5.91 Å². The normalized spacial score (nSPS) is 18.3. The summed E-state index contributed by atoms with van der Waals surface area (Å²) < 4.78 is 6.85. The number of carbonyl (C=O) groups is 1. The predicted octanol–water partition coefficient (Wildman–Crippen LogP) is 1.61. The van der Waals surface area contributed by atoms with Crippen molar-refractivity contribution in [2.45, 2.75) is 31.9 Å². The van der Waals surface area contributed by atoms with Gasteiger partial charge in [-0.2, -0.15) is 0 Å². The minimum Gasteiger partial charge on any atom is -0.488 e. The van der Waals surface area contributed by atoms with Crippen molar-refractivity contribution in [2.75, 3.05) is 6.54 Å². The quantitative estimate of drug-likeness (QED) is 0.887. The average molecular weight is 313 g/mol. The van der Waals surface area contributed by atoms with Crippen LogP contribution in [0.3, 0.4) is 0 Å². The van der Waals surface area contributed by atoms with E-state index in [1.165, 1.54) is 5.56 Å². The molecule has 0 aromatic heterocycles. The predicted molar refractivity (Wildman–Crippen MR) is 73.5 cm³/mol. The van der Waals surface area contributed by atoms with Gasteiger partial charge < -0.3 is 15.8 Å². The first-order chi connectivity index (χ1) is 8.38. The average Bonchev–Trinajstić information content (AvgIpc) is 2.68. The van der Waals surface area contributed by atoms with Crippen molar-refractivity contribution in [2.24, 2.45) is 5.73 Å². The van der Waals surface area contributed by atoms with Gasteiger partial charge in [0.1, 0.15) is 11.9 Å². The van der Waals surface area contributed by atoms with Crippen LogP contribution in [0.5, 0.6) is 5.75 Å². The number of halogens is 1. The molecule has 4 nitrogen and oxygen atoms in total. The Hall–Kier alpha value is -1.07. The zero-order chi connectivity index (χ0) is 13.3. The summed E-state index contributed by atoms with van der Waals surface area (Å²) in [5.74, 6) is 0.558. The van der Waals surface area contributed by atoms with Gasteiger partial charge in [-0.15, -0.1) is 0 Å². The summed E-state index contributed by atoms with van der Waals surface area (Å²) in [6.45, 7) is 4.14. The molecule has 1 atom stereocenters. The van der Waals surface area contributed by atoms with Crippen molar-refractivity contribution in [1.29, 1.82) is 0 Å². The Morgan fingerprint density at radius 3 is 3.00 bits per heavy atom. The Morgan fingerprint density at radius 2 is 2.33 bits per heavy atom. The van der Waals surface area contributed by atoms with E-state index in [-0.39, 0.29) is 12.0 Å². The van der Waals surface area contributed by atoms with E-state index in [1.807, 2.05) is 12.1 Å². The van der Waals surface area contributed by atoms with E-state index < -0.39 is 5.54 Å². The van der Waals surface area contributed by atoms with E-state index in [9.17, 15) is 4.79 Å². The van der Waals surface area contributed by atoms with Crippen LogP contribution in [0.2, 0.25) is 0 Å². The van der Waals surface area contributed by atoms with E-state index in [1.54, 1.807) is 13.8 Å². The standard InChI is InChI=1S/C13H17BrN2O2/c1-13(2,12(15)17)16-7-10-6-8-5-9(14)3-4-11(8)18-10/h3-5,10,16H,6-7H2,1-2H3,(H2,15,17). The molecule has 0 radical (unpaired) electrons. The lowest BCUT2D eigenvalue weighted by Crippen LogP contribution is -2.53. The molecule has 0 saturated carbocycles. The Bertz CT molecular complexity index is 474. The monoisotopic (exact) mass is 312 g/mol. The highest BCUT2D eigenvalue weighted by molar-refractivity contribution is 9.10. The molecule has 18 heavy (non-hydrogen) atoms. The molecule has 0 aliphatic carbocycles. The minimum absolute atomic E-state index is 0.0490. The van der Waals surface area contributed by atoms with Crippen LogP contribution in [-0.2, 0) is 11.2 Å². The summed E-state index contributed by atoms with van der Waals surface area (Å²) in [6.07, 6.45) is 0.893. The number of hydrogen-bond donors (Lipinski definition) is 2. The summed E-state index contributed by atoms with van der Waals surface area (Å²) in [6, 6.07) is 5.98. The number of rotatable bonds is 4. The molecule has 1 unspecified atom stereocenters. The molecular weight excluding hydrogens is 296 g/mol. The molecule has 5 heteroatoms. The van der Waals surface area contributed by atoms with Crippen molar-refractivity contribution >= 4 is 21.8 Å². The number of hydrogen-bond acceptors (Lipinski definition) is 3. The zero-order valence-corrected chi connectivity index (χ0v) is 12.1. The molecule has 1 aliphatic heterocycles. The number of carbonyl (C=O) groups excluding carboxylic acids is 1. The third kappa shape index (κ3) is 2.84. The van der Waals surface area contributed by atoms with Crippen molar-refractivity contribution in [3.63, 3.8) is 0 Å². The molecule has 1 heterocycles. The fourth-order valence-corrected chi connectivity index (χ4v) is 2.27. The first-order valence-electron chi connectivity index (χ1n) is 5.88. The number of amides is 1. The fourth-order valence-electron chi connectivity index (χ4n) is 1.86. The lowest BCUT2D eigenvalue weighted by Gasteiger charge is -2.24. The number of nitrogens with two attached hydrogens (primary N) is 1. The second-order valence-electron chi connectivity index (χ2n) is 5.07. The SMILES string of the molecule is CC(C)(NCC1Cc2cc(Br)ccc2O1)C(N)=O. The minimum atomic E-state index is -0.710. The van der Waals surface area contributed by atoms with Gasteiger partial charge in [0.05, 0.1) is 5.54 Å². The number of ether oxygens (including phenoxy) is 1. The van der Waals surface area contributed by atoms with Crippen molar-refractivity contribution in [1.82, 2.24) is 5.32 Å². The van der Waals surface area contributed by atoms with Gasteiger partial charge in [0.15, 0.2) is 0 Å². The summed E-state index contributed by atoms with van der Waals surface area (Å²) in [5, 5.41) is 3.14. The Morgan fingerprint density at radius 1 is 1.61 bits per heavy atom. The topological polar surface area (TPSA) is 64.3 Å². The molecule has 1 aromatic rings. The summed E-state index contributed by atoms with van der Waals surface area (Å²) in [5.41, 5.74) is 5.79. The zero-order valence-electron chi connectivity index (χ0n) is 10.5. The van der Waals surface area contributed by atoms with Gasteiger partial charge in [-0.05, 0) is 37.6 Å². The van der Waals surface area contributed by atoms with Crippen LogP contribution in [0.1, 0.15) is 19.4 Å². The smallest absolute Gasteiger partial charge is 0.237 e. The van der Waals surface area contributed by atoms with Gasteiger partial charge >= 0.3 is 0 Å². The third-order valence-electron chi connectivity index (χ3n) is 3.15. The summed E-state index contributed by atoms with van der Waals surface area (Å²) >= 11 is 3.44. The van der Waals surface area contributed by atoms with Gasteiger partial charge in [-0.3, -0.25) is 4.79 Å². The molecule has 2 rings (SSSR count). The Labute approximate surface area is 115 Å². The van der Waals surface area contributed by atoms with Gasteiger partial charge in [0.25, 0.3) is 0 Å². The molecule has 1 amide bonds. The van der Waals surface area contributed by atoms with E-state index in [2.05, 4.69) is 27.3 Å². The van der Waals surface area contributed by atoms with Gasteiger partial charge in [-0.25, -0.2) is 0 Å². The van der Waals surface area contributed by atoms with Crippen LogP contribution >= 0.6 is 15.9 Å². The highest BCUT2D eigenvalue weighted by Gasteiger charge is 2.28. The number of primary amides is 1. The highest BCUT2D eigenvalue weighted by Crippen LogP contribution is 2.31. The maximum Gasteiger partial charge on any atom is 0.237 e. The first kappa shape index (κ1) is 13.4. The van der Waals surface area contributed by atoms with Crippen LogP contribution in [0.15, 0.2) is 22.7 Å². The lowest BCUT2D eigenvalue weighted by molar-refractivity contribution is -0.123. The number of nitrogens with one attached hydrogen (secondary N) is 1. The molecule has 1 aromatic carbocycles. The molecule has 1 aliphatic rings. The maximum absolute atomic E-state index is 11.2. The van der Waals surface area contributed by atoms with Crippen LogP contribution in [-0.4, -0.2) is 24.1 Å². The summed E-state index contributed by atoms with van der Waals surface area (Å²) in [4.78, 5) is 11.2. The Balaban J connectivity index is 1.94. The van der Waals surface area contributed by atoms with Crippen LogP contribution in [0.4, 0.5) is 0 Å². The van der Waals surface area contributed by atoms with Crippen LogP contribution in [0.25, 0.3) is 0 Å². The van der Waals surface area contributed by atoms with Crippen LogP contribution < -0.4 is 15.8 Å². The van der Waals surface area contributed by atoms with Crippen molar-refractivity contribution in [3.05, 3.63) is 28.2 Å². The molecule has 3 N–H and O–H groups in total. The van der Waals surface area contributed by atoms with Crippen molar-refractivity contribution < 1.29 is 9.53 Å². The first-order valence-corrected chi connectivity index (χ1v) is 6.68. The van der Waals surface area contributed by atoms with Gasteiger partial charge in [-0.1, -0.05) is 15.9 Å². The Kier molecular flexibility index (Phi) is 3.64. The van der Waals surface area contributed by atoms with E-state index in [0.717, 1.165) is 16.6 Å². The molecule has 0 bridgehead atoms. The molecule has 98 valence electrons. The summed E-state index contributed by atoms with van der Waals surface area (Å²) in [7, 11) is 0. The second kappa shape index (κ2) is 4.90. The molecule has 0 spiro atoms. The third-order valence-corrected chi connectivity index (χ3v) is 3.64. The maximum atomic E-state index is 11.2. The molecular formula is C13H17BrN2O2. The largest absolute Gasteiger partial charge is 0.488 e. The lowest BCUT2D eigenvalue weighted by atomic mass is 10.0. The number of benzene rings is 1. The molecule has 0 saturated heterocycles.